The summed E-state index contributed by atoms with van der Waals surface area (Å²) in [5.74, 6) is -0.390. The van der Waals surface area contributed by atoms with Gasteiger partial charge in [-0.3, -0.25) is 4.79 Å². The third kappa shape index (κ3) is 1.55. The number of rotatable bonds is 1. The van der Waals surface area contributed by atoms with Gasteiger partial charge in [-0.25, -0.2) is 9.69 Å². The second-order valence-corrected chi connectivity index (χ2v) is 4.88. The van der Waals surface area contributed by atoms with E-state index in [1.807, 2.05) is 0 Å². The number of carbonyl (C=O) groups excluding carboxylic acids is 2. The molecule has 9 heteroatoms. The maximum absolute atomic E-state index is 11.7. The van der Waals surface area contributed by atoms with Crippen LogP contribution in [0.5, 0.6) is 0 Å². The SMILES string of the molecule is O=C1CNC(=O)N1c1c(Cl)cc(Cl)c2c1N=S=N2. The van der Waals surface area contributed by atoms with Gasteiger partial charge in [-0.2, -0.15) is 8.73 Å². The first-order valence-corrected chi connectivity index (χ1v) is 6.29. The van der Waals surface area contributed by atoms with Crippen molar-refractivity contribution in [1.82, 2.24) is 5.32 Å². The zero-order valence-electron chi connectivity index (χ0n) is 8.61. The first-order valence-electron chi connectivity index (χ1n) is 4.80. The van der Waals surface area contributed by atoms with Crippen LogP contribution in [0.15, 0.2) is 14.8 Å². The van der Waals surface area contributed by atoms with E-state index in [1.165, 1.54) is 6.07 Å². The number of hydrogen-bond donors (Lipinski definition) is 1. The quantitative estimate of drug-likeness (QED) is 0.823. The molecule has 2 heterocycles. The van der Waals surface area contributed by atoms with Crippen LogP contribution in [0.1, 0.15) is 0 Å². The van der Waals surface area contributed by atoms with Crippen molar-refractivity contribution in [2.75, 3.05) is 11.4 Å². The van der Waals surface area contributed by atoms with E-state index in [0.29, 0.717) is 16.4 Å². The fourth-order valence-corrected chi connectivity index (χ4v) is 2.92. The first-order chi connectivity index (χ1) is 8.59. The van der Waals surface area contributed by atoms with E-state index in [1.54, 1.807) is 0 Å². The number of anilines is 1. The molecule has 3 rings (SSSR count). The van der Waals surface area contributed by atoms with Gasteiger partial charge in [-0.15, -0.1) is 0 Å². The highest BCUT2D eigenvalue weighted by molar-refractivity contribution is 7.58. The van der Waals surface area contributed by atoms with Crippen LogP contribution in [-0.2, 0) is 16.1 Å². The van der Waals surface area contributed by atoms with Crippen molar-refractivity contribution < 1.29 is 9.59 Å². The molecule has 1 N–H and O–H groups in total. The number of carbonyl (C=O) groups is 2. The third-order valence-electron chi connectivity index (χ3n) is 2.49. The van der Waals surface area contributed by atoms with Gasteiger partial charge in [0.05, 0.1) is 27.9 Å². The summed E-state index contributed by atoms with van der Waals surface area (Å²) >= 11 is 13.0. The van der Waals surface area contributed by atoms with Crippen molar-refractivity contribution in [3.63, 3.8) is 0 Å². The van der Waals surface area contributed by atoms with Crippen molar-refractivity contribution in [3.05, 3.63) is 16.1 Å². The van der Waals surface area contributed by atoms with Crippen LogP contribution in [0.4, 0.5) is 21.9 Å². The highest BCUT2D eigenvalue weighted by Crippen LogP contribution is 2.49. The highest BCUT2D eigenvalue weighted by atomic mass is 35.5. The molecule has 92 valence electrons. The molecule has 3 amide bonds. The van der Waals surface area contributed by atoms with E-state index in [2.05, 4.69) is 14.0 Å². The smallest absolute Gasteiger partial charge is 0.328 e. The molecule has 0 spiro atoms. The van der Waals surface area contributed by atoms with Gasteiger partial charge < -0.3 is 5.32 Å². The zero-order valence-corrected chi connectivity index (χ0v) is 10.9. The van der Waals surface area contributed by atoms with Gasteiger partial charge in [0.25, 0.3) is 5.91 Å². The largest absolute Gasteiger partial charge is 0.329 e. The highest BCUT2D eigenvalue weighted by Gasteiger charge is 2.35. The first kappa shape index (κ1) is 11.6. The van der Waals surface area contributed by atoms with Crippen LogP contribution in [0.2, 0.25) is 10.0 Å². The molecule has 0 saturated carbocycles. The number of amides is 3. The Morgan fingerprint density at radius 1 is 1.22 bits per heavy atom. The molecule has 0 aliphatic carbocycles. The van der Waals surface area contributed by atoms with Crippen LogP contribution < -0.4 is 10.2 Å². The summed E-state index contributed by atoms with van der Waals surface area (Å²) in [6.07, 6.45) is 0. The van der Waals surface area contributed by atoms with Crippen molar-refractivity contribution >= 4 is 63.6 Å². The van der Waals surface area contributed by atoms with Gasteiger partial charge in [0.2, 0.25) is 0 Å². The third-order valence-corrected chi connectivity index (χ3v) is 3.59. The second kappa shape index (κ2) is 4.04. The summed E-state index contributed by atoms with van der Waals surface area (Å²) in [4.78, 5) is 24.3. The van der Waals surface area contributed by atoms with Crippen molar-refractivity contribution in [1.29, 1.82) is 0 Å². The fraction of sp³-hybridized carbons (Fsp3) is 0.111. The Morgan fingerprint density at radius 3 is 2.61 bits per heavy atom. The second-order valence-electron chi connectivity index (χ2n) is 3.54. The summed E-state index contributed by atoms with van der Waals surface area (Å²) in [6.45, 7) is -0.0587. The van der Waals surface area contributed by atoms with Crippen LogP contribution in [0.3, 0.4) is 0 Å². The molecule has 1 saturated heterocycles. The van der Waals surface area contributed by atoms with E-state index >= 15 is 0 Å². The summed E-state index contributed by atoms with van der Waals surface area (Å²) in [5, 5.41) is 2.94. The minimum atomic E-state index is -0.529. The van der Waals surface area contributed by atoms with Crippen LogP contribution >= 0.6 is 23.2 Å². The van der Waals surface area contributed by atoms with Crippen molar-refractivity contribution in [3.8, 4) is 0 Å². The van der Waals surface area contributed by atoms with E-state index in [-0.39, 0.29) is 17.3 Å². The monoisotopic (exact) mass is 302 g/mol. The van der Waals surface area contributed by atoms with Crippen molar-refractivity contribution in [2.45, 2.75) is 0 Å². The Kier molecular flexibility index (Phi) is 2.61. The molecule has 1 aromatic carbocycles. The molecule has 2 aliphatic rings. The van der Waals surface area contributed by atoms with E-state index in [4.69, 9.17) is 23.2 Å². The molecule has 0 atom stereocenters. The number of halogens is 2. The lowest BCUT2D eigenvalue weighted by Gasteiger charge is -2.16. The van der Waals surface area contributed by atoms with Gasteiger partial charge >= 0.3 is 6.03 Å². The molecule has 1 aromatic rings. The maximum Gasteiger partial charge on any atom is 0.329 e. The zero-order chi connectivity index (χ0) is 12.9. The van der Waals surface area contributed by atoms with Crippen LogP contribution in [0.25, 0.3) is 0 Å². The molecule has 0 bridgehead atoms. The molecule has 18 heavy (non-hydrogen) atoms. The van der Waals surface area contributed by atoms with Gasteiger partial charge in [0, 0.05) is 0 Å². The number of benzene rings is 1. The van der Waals surface area contributed by atoms with Crippen LogP contribution in [0, 0.1) is 0 Å². The number of nitrogens with zero attached hydrogens (tertiary/aromatic N) is 3. The Bertz CT molecular complexity index is 653. The standard InChI is InChI=1S/C9H4Cl2N4O2S/c10-3-1-4(11)8(7-6(3)13-18-14-7)15-5(16)2-12-9(15)17/h1H,2H2,(H,12,17). The van der Waals surface area contributed by atoms with E-state index in [9.17, 15) is 9.59 Å². The Labute approximate surface area is 115 Å². The maximum atomic E-state index is 11.7. The van der Waals surface area contributed by atoms with Crippen LogP contribution in [-0.4, -0.2) is 18.5 Å². The number of urea groups is 1. The number of imide groups is 1. The fourth-order valence-electron chi connectivity index (χ4n) is 1.72. The molecule has 2 aliphatic heterocycles. The molecule has 0 aromatic heterocycles. The number of fused-ring (bicyclic) bond motifs is 1. The summed E-state index contributed by atoms with van der Waals surface area (Å²) < 4.78 is 8.05. The topological polar surface area (TPSA) is 74.1 Å². The van der Waals surface area contributed by atoms with Gasteiger partial charge in [-0.05, 0) is 6.07 Å². The normalized spacial score (nSPS) is 16.9. The lowest BCUT2D eigenvalue weighted by molar-refractivity contribution is -0.115. The Hall–Kier alpha value is -1.44. The minimum absolute atomic E-state index is 0.0587. The minimum Gasteiger partial charge on any atom is -0.328 e. The predicted octanol–water partition coefficient (Wildman–Crippen LogP) is 2.78. The summed E-state index contributed by atoms with van der Waals surface area (Å²) in [6, 6.07) is 0.916. The molecule has 1 fully saturated rings. The molecule has 0 radical (unpaired) electrons. The van der Waals surface area contributed by atoms with E-state index < -0.39 is 11.9 Å². The lowest BCUT2D eigenvalue weighted by atomic mass is 10.2. The molecule has 0 unspecified atom stereocenters. The molecular formula is C9H4Cl2N4O2S. The summed E-state index contributed by atoms with van der Waals surface area (Å²) in [7, 11) is 0. The van der Waals surface area contributed by atoms with Gasteiger partial charge in [0.15, 0.2) is 0 Å². The van der Waals surface area contributed by atoms with Gasteiger partial charge in [0.1, 0.15) is 17.1 Å². The Balaban J connectivity index is 2.25. The average molecular weight is 303 g/mol. The van der Waals surface area contributed by atoms with E-state index in [0.717, 1.165) is 16.3 Å². The number of nitrogens with one attached hydrogen (secondary N) is 1. The molecular weight excluding hydrogens is 299 g/mol. The average Bonchev–Trinajstić information content (AvgIpc) is 2.90. The summed E-state index contributed by atoms with van der Waals surface area (Å²) in [5.41, 5.74) is 1.00. The van der Waals surface area contributed by atoms with Gasteiger partial charge in [-0.1, -0.05) is 23.2 Å². The van der Waals surface area contributed by atoms with Crippen molar-refractivity contribution in [2.24, 2.45) is 8.73 Å². The predicted molar refractivity (Wildman–Crippen MR) is 68.9 cm³/mol. The lowest BCUT2D eigenvalue weighted by Crippen LogP contribution is -2.31. The molecule has 6 nitrogen and oxygen atoms in total. The number of hydrogen-bond acceptors (Lipinski definition) is 4. The Morgan fingerprint density at radius 2 is 1.94 bits per heavy atom.